The standard InChI is InChI=1S/C12H11NO3S2/c1-15-8-3-4-9(16-2)7(5-8)6-10-11(14)13-12(17)18-10/h3-6H,1-2H3,(H,13,14,17). The maximum Gasteiger partial charge on any atom is 0.263 e. The molecule has 4 nitrogen and oxygen atoms in total. The van der Waals surface area contributed by atoms with Gasteiger partial charge >= 0.3 is 0 Å². The lowest BCUT2D eigenvalue weighted by Crippen LogP contribution is -2.17. The summed E-state index contributed by atoms with van der Waals surface area (Å²) in [6.07, 6.45) is 1.74. The van der Waals surface area contributed by atoms with Crippen molar-refractivity contribution in [1.29, 1.82) is 0 Å². The van der Waals surface area contributed by atoms with Gasteiger partial charge in [-0.3, -0.25) is 4.79 Å². The molecule has 1 N–H and O–H groups in total. The van der Waals surface area contributed by atoms with Gasteiger partial charge in [0.25, 0.3) is 5.91 Å². The second-order valence-electron chi connectivity index (χ2n) is 3.46. The largest absolute Gasteiger partial charge is 0.497 e. The summed E-state index contributed by atoms with van der Waals surface area (Å²) < 4.78 is 10.9. The van der Waals surface area contributed by atoms with Crippen LogP contribution in [-0.2, 0) is 4.79 Å². The summed E-state index contributed by atoms with van der Waals surface area (Å²) in [4.78, 5) is 12.1. The number of thioether (sulfide) groups is 1. The van der Waals surface area contributed by atoms with Gasteiger partial charge in [-0.25, -0.2) is 0 Å². The van der Waals surface area contributed by atoms with Crippen LogP contribution in [0.4, 0.5) is 0 Å². The van der Waals surface area contributed by atoms with E-state index in [9.17, 15) is 4.79 Å². The van der Waals surface area contributed by atoms with Crippen LogP contribution >= 0.6 is 24.0 Å². The SMILES string of the molecule is COc1ccc(OC)c(C=C2SC(=S)NC2=O)c1. The summed E-state index contributed by atoms with van der Waals surface area (Å²) in [7, 11) is 3.17. The Balaban J connectivity index is 2.40. The molecule has 1 aliphatic rings. The Hall–Kier alpha value is -1.53. The molecule has 0 aliphatic carbocycles. The molecule has 1 fully saturated rings. The predicted octanol–water partition coefficient (Wildman–Crippen LogP) is 2.19. The Morgan fingerprint density at radius 2 is 2.11 bits per heavy atom. The number of hydrogen-bond donors (Lipinski definition) is 1. The fourth-order valence-electron chi connectivity index (χ4n) is 1.51. The average molecular weight is 281 g/mol. The van der Waals surface area contributed by atoms with Gasteiger partial charge in [0.05, 0.1) is 19.1 Å². The number of amides is 1. The van der Waals surface area contributed by atoms with Crippen molar-refractivity contribution in [3.05, 3.63) is 28.7 Å². The summed E-state index contributed by atoms with van der Waals surface area (Å²) in [5.74, 6) is 1.19. The smallest absolute Gasteiger partial charge is 0.263 e. The van der Waals surface area contributed by atoms with Crippen molar-refractivity contribution in [2.45, 2.75) is 0 Å². The van der Waals surface area contributed by atoms with Crippen molar-refractivity contribution in [3.63, 3.8) is 0 Å². The number of carbonyl (C=O) groups excluding carboxylic acids is 1. The number of methoxy groups -OCH3 is 2. The number of hydrogen-bond acceptors (Lipinski definition) is 5. The predicted molar refractivity (Wildman–Crippen MR) is 75.9 cm³/mol. The normalized spacial score (nSPS) is 16.9. The van der Waals surface area contributed by atoms with Crippen LogP contribution in [0.25, 0.3) is 6.08 Å². The van der Waals surface area contributed by atoms with E-state index in [-0.39, 0.29) is 5.91 Å². The average Bonchev–Trinajstić information content (AvgIpc) is 2.67. The third-order valence-electron chi connectivity index (χ3n) is 2.37. The zero-order chi connectivity index (χ0) is 13.1. The lowest BCUT2D eigenvalue weighted by Gasteiger charge is -2.07. The second kappa shape index (κ2) is 5.41. The van der Waals surface area contributed by atoms with Crippen molar-refractivity contribution in [3.8, 4) is 11.5 Å². The number of ether oxygens (including phenoxy) is 2. The molecule has 0 atom stereocenters. The van der Waals surface area contributed by atoms with Gasteiger partial charge < -0.3 is 14.8 Å². The van der Waals surface area contributed by atoms with E-state index in [1.807, 2.05) is 0 Å². The van der Waals surface area contributed by atoms with E-state index in [1.54, 1.807) is 38.5 Å². The highest BCUT2D eigenvalue weighted by atomic mass is 32.2. The number of rotatable bonds is 3. The highest BCUT2D eigenvalue weighted by Gasteiger charge is 2.22. The van der Waals surface area contributed by atoms with E-state index in [2.05, 4.69) is 5.32 Å². The number of benzene rings is 1. The molecule has 1 aliphatic heterocycles. The van der Waals surface area contributed by atoms with Crippen LogP contribution in [0.3, 0.4) is 0 Å². The third kappa shape index (κ3) is 2.65. The molecule has 6 heteroatoms. The van der Waals surface area contributed by atoms with Crippen LogP contribution in [0.15, 0.2) is 23.1 Å². The molecule has 1 heterocycles. The molecule has 0 radical (unpaired) electrons. The molecule has 0 bridgehead atoms. The molecule has 94 valence electrons. The Kier molecular flexibility index (Phi) is 3.88. The van der Waals surface area contributed by atoms with Crippen LogP contribution in [0.2, 0.25) is 0 Å². The fraction of sp³-hybridized carbons (Fsp3) is 0.167. The van der Waals surface area contributed by atoms with Crippen molar-refractivity contribution in [1.82, 2.24) is 5.32 Å². The molecular formula is C12H11NO3S2. The molecule has 2 rings (SSSR count). The van der Waals surface area contributed by atoms with Crippen LogP contribution in [0.5, 0.6) is 11.5 Å². The maximum absolute atomic E-state index is 11.6. The maximum atomic E-state index is 11.6. The highest BCUT2D eigenvalue weighted by molar-refractivity contribution is 8.26. The van der Waals surface area contributed by atoms with Crippen molar-refractivity contribution in [2.24, 2.45) is 0 Å². The molecule has 1 amide bonds. The number of nitrogens with one attached hydrogen (secondary N) is 1. The van der Waals surface area contributed by atoms with Crippen LogP contribution in [0.1, 0.15) is 5.56 Å². The Labute approximate surface area is 114 Å². The summed E-state index contributed by atoms with van der Waals surface area (Å²) in [6.45, 7) is 0. The molecule has 1 aromatic rings. The first-order valence-corrected chi connectivity index (χ1v) is 6.33. The lowest BCUT2D eigenvalue weighted by atomic mass is 10.1. The van der Waals surface area contributed by atoms with E-state index in [1.165, 1.54) is 11.8 Å². The van der Waals surface area contributed by atoms with Crippen molar-refractivity contribution < 1.29 is 14.3 Å². The van der Waals surface area contributed by atoms with Gasteiger partial charge in [-0.15, -0.1) is 0 Å². The van der Waals surface area contributed by atoms with Gasteiger partial charge in [0.15, 0.2) is 0 Å². The number of carbonyl (C=O) groups is 1. The summed E-state index contributed by atoms with van der Waals surface area (Å²) in [5.41, 5.74) is 0.777. The molecule has 18 heavy (non-hydrogen) atoms. The molecule has 0 saturated carbocycles. The van der Waals surface area contributed by atoms with Gasteiger partial charge in [0, 0.05) is 5.56 Å². The summed E-state index contributed by atoms with van der Waals surface area (Å²) in [5, 5.41) is 2.57. The molecular weight excluding hydrogens is 270 g/mol. The van der Waals surface area contributed by atoms with Gasteiger partial charge in [-0.2, -0.15) is 0 Å². The quantitative estimate of drug-likeness (QED) is 0.680. The summed E-state index contributed by atoms with van der Waals surface area (Å²) >= 11 is 6.17. The molecule has 1 saturated heterocycles. The molecule has 0 spiro atoms. The lowest BCUT2D eigenvalue weighted by molar-refractivity contribution is -0.115. The minimum Gasteiger partial charge on any atom is -0.497 e. The minimum absolute atomic E-state index is 0.185. The second-order valence-corrected chi connectivity index (χ2v) is 5.18. The molecule has 0 unspecified atom stereocenters. The van der Waals surface area contributed by atoms with E-state index in [0.717, 1.165) is 5.56 Å². The Morgan fingerprint density at radius 3 is 2.67 bits per heavy atom. The van der Waals surface area contributed by atoms with E-state index < -0.39 is 0 Å². The van der Waals surface area contributed by atoms with Crippen LogP contribution in [-0.4, -0.2) is 24.4 Å². The summed E-state index contributed by atoms with van der Waals surface area (Å²) in [6, 6.07) is 5.40. The highest BCUT2D eigenvalue weighted by Crippen LogP contribution is 2.31. The molecule has 0 aromatic heterocycles. The van der Waals surface area contributed by atoms with Crippen molar-refractivity contribution >= 4 is 40.3 Å². The first-order valence-electron chi connectivity index (χ1n) is 5.11. The van der Waals surface area contributed by atoms with Gasteiger partial charge in [0.2, 0.25) is 0 Å². The minimum atomic E-state index is -0.185. The van der Waals surface area contributed by atoms with Crippen molar-refractivity contribution in [2.75, 3.05) is 14.2 Å². The zero-order valence-corrected chi connectivity index (χ0v) is 11.5. The van der Waals surface area contributed by atoms with Gasteiger partial charge in [-0.05, 0) is 24.3 Å². The first-order chi connectivity index (χ1) is 8.63. The van der Waals surface area contributed by atoms with Crippen LogP contribution < -0.4 is 14.8 Å². The van der Waals surface area contributed by atoms with E-state index in [0.29, 0.717) is 20.7 Å². The topological polar surface area (TPSA) is 47.6 Å². The Morgan fingerprint density at radius 1 is 1.33 bits per heavy atom. The molecule has 1 aromatic carbocycles. The fourth-order valence-corrected chi connectivity index (χ4v) is 2.55. The first kappa shape index (κ1) is 12.9. The number of thiocarbonyl (C=S) groups is 1. The third-order valence-corrected chi connectivity index (χ3v) is 3.53. The monoisotopic (exact) mass is 281 g/mol. The van der Waals surface area contributed by atoms with Gasteiger partial charge in [0.1, 0.15) is 15.8 Å². The van der Waals surface area contributed by atoms with E-state index in [4.69, 9.17) is 21.7 Å². The van der Waals surface area contributed by atoms with Crippen LogP contribution in [0, 0.1) is 0 Å². The Bertz CT molecular complexity index is 540. The van der Waals surface area contributed by atoms with E-state index >= 15 is 0 Å². The van der Waals surface area contributed by atoms with Gasteiger partial charge in [-0.1, -0.05) is 24.0 Å². The zero-order valence-electron chi connectivity index (χ0n) is 9.85.